The molecule has 0 atom stereocenters. The van der Waals surface area contributed by atoms with Crippen molar-refractivity contribution >= 4 is 12.1 Å². The number of esters is 1. The van der Waals surface area contributed by atoms with E-state index in [2.05, 4.69) is 22.9 Å². The Morgan fingerprint density at radius 3 is 2.71 bits per heavy atom. The zero-order valence-electron chi connectivity index (χ0n) is 10.2. The van der Waals surface area contributed by atoms with Gasteiger partial charge in [-0.3, -0.25) is 4.79 Å². The number of carbonyl (C=O) groups is 2. The van der Waals surface area contributed by atoms with E-state index in [1.54, 1.807) is 0 Å². The van der Waals surface area contributed by atoms with Crippen LogP contribution in [-0.2, 0) is 14.3 Å². The summed E-state index contributed by atoms with van der Waals surface area (Å²) in [5, 5.41) is 2.39. The molecule has 0 saturated carbocycles. The van der Waals surface area contributed by atoms with Gasteiger partial charge in [0.15, 0.2) is 6.61 Å². The SMILES string of the molecule is C#CCOC(=O)NCCC(=O)OCCCCC. The summed E-state index contributed by atoms with van der Waals surface area (Å²) in [6, 6.07) is 0. The predicted octanol–water partition coefficient (Wildman–Crippen LogP) is 1.47. The number of hydrogen-bond donors (Lipinski definition) is 1. The van der Waals surface area contributed by atoms with Crippen LogP contribution < -0.4 is 5.32 Å². The molecule has 0 aromatic heterocycles. The average molecular weight is 241 g/mol. The minimum atomic E-state index is -0.623. The third kappa shape index (κ3) is 10.6. The first-order valence-electron chi connectivity index (χ1n) is 5.70. The van der Waals surface area contributed by atoms with E-state index in [0.717, 1.165) is 19.3 Å². The van der Waals surface area contributed by atoms with Crippen LogP contribution in [0.25, 0.3) is 0 Å². The highest BCUT2D eigenvalue weighted by atomic mass is 16.5. The molecule has 0 aromatic rings. The zero-order chi connectivity index (χ0) is 12.9. The lowest BCUT2D eigenvalue weighted by molar-refractivity contribution is -0.143. The molecule has 0 aliphatic rings. The van der Waals surface area contributed by atoms with Crippen molar-refractivity contribution in [1.82, 2.24) is 5.32 Å². The van der Waals surface area contributed by atoms with Crippen molar-refractivity contribution in [2.45, 2.75) is 32.6 Å². The van der Waals surface area contributed by atoms with Gasteiger partial charge in [-0.15, -0.1) is 6.42 Å². The smallest absolute Gasteiger partial charge is 0.408 e. The topological polar surface area (TPSA) is 64.6 Å². The standard InChI is InChI=1S/C12H19NO4/c1-3-5-6-10-16-11(14)7-8-13-12(15)17-9-4-2/h2H,3,5-10H2,1H3,(H,13,15). The molecule has 0 rings (SSSR count). The van der Waals surface area contributed by atoms with Gasteiger partial charge >= 0.3 is 12.1 Å². The van der Waals surface area contributed by atoms with Crippen molar-refractivity contribution in [3.05, 3.63) is 0 Å². The summed E-state index contributed by atoms with van der Waals surface area (Å²) in [5.74, 6) is 1.84. The molecule has 0 aromatic carbocycles. The van der Waals surface area contributed by atoms with Gasteiger partial charge in [-0.05, 0) is 6.42 Å². The van der Waals surface area contributed by atoms with Gasteiger partial charge in [0.05, 0.1) is 13.0 Å². The summed E-state index contributed by atoms with van der Waals surface area (Å²) in [6.07, 6.45) is 7.42. The number of alkyl carbamates (subject to hydrolysis) is 1. The van der Waals surface area contributed by atoms with Gasteiger partial charge in [0.25, 0.3) is 0 Å². The molecule has 0 saturated heterocycles. The molecule has 0 bridgehead atoms. The summed E-state index contributed by atoms with van der Waals surface area (Å²) in [6.45, 7) is 2.63. The summed E-state index contributed by atoms with van der Waals surface area (Å²) in [5.41, 5.74) is 0. The Balaban J connectivity index is 3.38. The first-order valence-corrected chi connectivity index (χ1v) is 5.70. The Morgan fingerprint density at radius 1 is 1.29 bits per heavy atom. The lowest BCUT2D eigenvalue weighted by atomic mass is 10.3. The van der Waals surface area contributed by atoms with Gasteiger partial charge < -0.3 is 14.8 Å². The average Bonchev–Trinajstić information content (AvgIpc) is 2.32. The number of ether oxygens (including phenoxy) is 2. The van der Waals surface area contributed by atoms with Crippen LogP contribution in [0.1, 0.15) is 32.6 Å². The summed E-state index contributed by atoms with van der Waals surface area (Å²) in [4.78, 5) is 22.1. The van der Waals surface area contributed by atoms with Gasteiger partial charge in [-0.2, -0.15) is 0 Å². The monoisotopic (exact) mass is 241 g/mol. The van der Waals surface area contributed by atoms with E-state index >= 15 is 0 Å². The number of hydrogen-bond acceptors (Lipinski definition) is 4. The molecule has 96 valence electrons. The molecule has 0 unspecified atom stereocenters. The minimum Gasteiger partial charge on any atom is -0.466 e. The van der Waals surface area contributed by atoms with Crippen LogP contribution in [0.5, 0.6) is 0 Å². The molecule has 0 fully saturated rings. The Bertz CT molecular complexity index is 270. The number of carbonyl (C=O) groups excluding carboxylic acids is 2. The van der Waals surface area contributed by atoms with Crippen molar-refractivity contribution in [1.29, 1.82) is 0 Å². The Labute approximate surface area is 102 Å². The molecule has 17 heavy (non-hydrogen) atoms. The maximum absolute atomic E-state index is 11.2. The largest absolute Gasteiger partial charge is 0.466 e. The normalized spacial score (nSPS) is 9.18. The molecule has 0 aliphatic carbocycles. The minimum absolute atomic E-state index is 0.0761. The van der Waals surface area contributed by atoms with E-state index in [1.165, 1.54) is 0 Å². The molecule has 1 amide bonds. The molecule has 0 radical (unpaired) electrons. The number of amides is 1. The van der Waals surface area contributed by atoms with E-state index in [1.807, 2.05) is 0 Å². The summed E-state index contributed by atoms with van der Waals surface area (Å²) in [7, 11) is 0. The fraction of sp³-hybridized carbons (Fsp3) is 0.667. The lowest BCUT2D eigenvalue weighted by Gasteiger charge is -2.05. The quantitative estimate of drug-likeness (QED) is 0.397. The van der Waals surface area contributed by atoms with Crippen LogP contribution in [0.4, 0.5) is 4.79 Å². The highest BCUT2D eigenvalue weighted by Gasteiger charge is 2.04. The van der Waals surface area contributed by atoms with E-state index < -0.39 is 6.09 Å². The van der Waals surface area contributed by atoms with Crippen LogP contribution >= 0.6 is 0 Å². The van der Waals surface area contributed by atoms with Crippen molar-refractivity contribution in [3.63, 3.8) is 0 Å². The van der Waals surface area contributed by atoms with E-state index in [-0.39, 0.29) is 25.5 Å². The van der Waals surface area contributed by atoms with Gasteiger partial charge in [-0.25, -0.2) is 4.79 Å². The van der Waals surface area contributed by atoms with Crippen LogP contribution in [0.15, 0.2) is 0 Å². The predicted molar refractivity (Wildman–Crippen MR) is 63.3 cm³/mol. The second-order valence-corrected chi connectivity index (χ2v) is 3.38. The van der Waals surface area contributed by atoms with E-state index in [9.17, 15) is 9.59 Å². The summed E-state index contributed by atoms with van der Waals surface area (Å²) < 4.78 is 9.49. The zero-order valence-corrected chi connectivity index (χ0v) is 10.2. The van der Waals surface area contributed by atoms with Gasteiger partial charge in [0, 0.05) is 6.54 Å². The first kappa shape index (κ1) is 15.3. The van der Waals surface area contributed by atoms with Crippen LogP contribution in [0.2, 0.25) is 0 Å². The van der Waals surface area contributed by atoms with Crippen LogP contribution in [0, 0.1) is 12.3 Å². The Kier molecular flexibility index (Phi) is 9.73. The second kappa shape index (κ2) is 10.8. The summed E-state index contributed by atoms with van der Waals surface area (Å²) >= 11 is 0. The molecule has 5 nitrogen and oxygen atoms in total. The lowest BCUT2D eigenvalue weighted by Crippen LogP contribution is -2.27. The molecule has 0 heterocycles. The number of terminal acetylenes is 1. The molecular weight excluding hydrogens is 222 g/mol. The molecule has 0 aliphatic heterocycles. The highest BCUT2D eigenvalue weighted by Crippen LogP contribution is 1.95. The van der Waals surface area contributed by atoms with Crippen molar-refractivity contribution in [2.24, 2.45) is 0 Å². The van der Waals surface area contributed by atoms with Crippen molar-refractivity contribution < 1.29 is 19.1 Å². The highest BCUT2D eigenvalue weighted by molar-refractivity contribution is 5.71. The molecule has 0 spiro atoms. The van der Waals surface area contributed by atoms with Crippen molar-refractivity contribution in [3.8, 4) is 12.3 Å². The third-order valence-electron chi connectivity index (χ3n) is 1.90. The van der Waals surface area contributed by atoms with E-state index in [4.69, 9.17) is 11.2 Å². The van der Waals surface area contributed by atoms with Crippen molar-refractivity contribution in [2.75, 3.05) is 19.8 Å². The third-order valence-corrected chi connectivity index (χ3v) is 1.90. The van der Waals surface area contributed by atoms with Gasteiger partial charge in [0.1, 0.15) is 0 Å². The first-order chi connectivity index (χ1) is 8.20. The fourth-order valence-corrected chi connectivity index (χ4v) is 1.04. The van der Waals surface area contributed by atoms with Gasteiger partial charge in [-0.1, -0.05) is 25.7 Å². The maximum Gasteiger partial charge on any atom is 0.408 e. The number of nitrogens with one attached hydrogen (secondary N) is 1. The maximum atomic E-state index is 11.2. The Hall–Kier alpha value is -1.70. The second-order valence-electron chi connectivity index (χ2n) is 3.38. The van der Waals surface area contributed by atoms with Crippen LogP contribution in [-0.4, -0.2) is 31.8 Å². The van der Waals surface area contributed by atoms with Gasteiger partial charge in [0.2, 0.25) is 0 Å². The number of unbranched alkanes of at least 4 members (excludes halogenated alkanes) is 2. The molecular formula is C12H19NO4. The fourth-order valence-electron chi connectivity index (χ4n) is 1.04. The Morgan fingerprint density at radius 2 is 2.06 bits per heavy atom. The molecule has 5 heteroatoms. The molecule has 1 N–H and O–H groups in total. The van der Waals surface area contributed by atoms with Crippen LogP contribution in [0.3, 0.4) is 0 Å². The van der Waals surface area contributed by atoms with E-state index in [0.29, 0.717) is 6.61 Å². The number of rotatable bonds is 8.